The summed E-state index contributed by atoms with van der Waals surface area (Å²) in [6.45, 7) is 0. The lowest BCUT2D eigenvalue weighted by atomic mass is 10.2. The molecule has 0 bridgehead atoms. The maximum absolute atomic E-state index is 12.9. The maximum Gasteiger partial charge on any atom is 0.230 e. The van der Waals surface area contributed by atoms with Gasteiger partial charge in [-0.2, -0.15) is 0 Å². The van der Waals surface area contributed by atoms with Crippen molar-refractivity contribution in [1.29, 1.82) is 0 Å². The highest BCUT2D eigenvalue weighted by Gasteiger charge is 2.20. The highest BCUT2D eigenvalue weighted by molar-refractivity contribution is 5.93. The van der Waals surface area contributed by atoms with Gasteiger partial charge in [0.1, 0.15) is 11.9 Å². The molecule has 1 rings (SSSR count). The van der Waals surface area contributed by atoms with Crippen LogP contribution in [-0.4, -0.2) is 32.0 Å². The molecule has 0 spiro atoms. The predicted octanol–water partition coefficient (Wildman–Crippen LogP) is -1.58. The lowest BCUT2D eigenvalue weighted by molar-refractivity contribution is -0.878. The normalized spacial score (nSPS) is 12.2. The molecule has 5 nitrogen and oxygen atoms in total. The monoisotopic (exact) mass is 254 g/mol. The zero-order valence-electron chi connectivity index (χ0n) is 10.2. The molecule has 0 saturated carbocycles. The fraction of sp³-hybridized carbons (Fsp3) is 0.333. The van der Waals surface area contributed by atoms with Crippen molar-refractivity contribution in [1.82, 2.24) is 0 Å². The van der Waals surface area contributed by atoms with E-state index in [9.17, 15) is 19.1 Å². The summed E-state index contributed by atoms with van der Waals surface area (Å²) < 4.78 is 12.9. The van der Waals surface area contributed by atoms with Crippen LogP contribution in [0.1, 0.15) is 6.42 Å². The van der Waals surface area contributed by atoms with Gasteiger partial charge in [-0.1, -0.05) is 6.07 Å². The Morgan fingerprint density at radius 1 is 1.44 bits per heavy atom. The lowest BCUT2D eigenvalue weighted by Crippen LogP contribution is -3.12. The number of quaternary nitrogens is 1. The largest absolute Gasteiger partial charge is 0.544 e. The smallest absolute Gasteiger partial charge is 0.230 e. The van der Waals surface area contributed by atoms with Crippen LogP contribution in [0.15, 0.2) is 24.3 Å². The van der Waals surface area contributed by atoms with Crippen molar-refractivity contribution < 1.29 is 24.0 Å². The topological polar surface area (TPSA) is 73.7 Å². The summed E-state index contributed by atoms with van der Waals surface area (Å²) in [4.78, 5) is 23.0. The Morgan fingerprint density at radius 3 is 2.61 bits per heavy atom. The quantitative estimate of drug-likeness (QED) is 0.666. The zero-order valence-corrected chi connectivity index (χ0v) is 10.2. The number of carbonyl (C=O) groups excluding carboxylic acids is 2. The van der Waals surface area contributed by atoms with E-state index in [2.05, 4.69) is 5.32 Å². The number of carbonyl (C=O) groups is 2. The molecule has 0 fully saturated rings. The third-order valence-electron chi connectivity index (χ3n) is 2.48. The van der Waals surface area contributed by atoms with Gasteiger partial charge in [0, 0.05) is 5.69 Å². The second-order valence-electron chi connectivity index (χ2n) is 4.21. The highest BCUT2D eigenvalue weighted by atomic mass is 19.1. The van der Waals surface area contributed by atoms with Crippen molar-refractivity contribution in [2.45, 2.75) is 12.5 Å². The van der Waals surface area contributed by atoms with Gasteiger partial charge in [-0.3, -0.25) is 4.79 Å². The standard InChI is InChI=1S/C12H15FN2O3/c1-15(2)10(12(17)18)7-11(16)14-9-5-3-4-8(13)6-9/h3-6,10H,7H2,1-2H3,(H,14,16)(H,17,18)/t10-/m0/s1. The third-order valence-corrected chi connectivity index (χ3v) is 2.48. The first kappa shape index (κ1) is 14.1. The van der Waals surface area contributed by atoms with Crippen molar-refractivity contribution in [2.75, 3.05) is 19.4 Å². The van der Waals surface area contributed by atoms with E-state index in [1.807, 2.05) is 0 Å². The second kappa shape index (κ2) is 6.11. The molecule has 0 aliphatic carbocycles. The van der Waals surface area contributed by atoms with Crippen molar-refractivity contribution in [3.05, 3.63) is 30.1 Å². The first-order chi connectivity index (χ1) is 8.40. The molecular weight excluding hydrogens is 239 g/mol. The summed E-state index contributed by atoms with van der Waals surface area (Å²) in [5.41, 5.74) is 0.297. The molecule has 0 aliphatic rings. The summed E-state index contributed by atoms with van der Waals surface area (Å²) in [6, 6.07) is 4.46. The Balaban J connectivity index is 2.63. The molecule has 0 aliphatic heterocycles. The number of nitrogens with one attached hydrogen (secondary N) is 2. The molecule has 1 amide bonds. The first-order valence-corrected chi connectivity index (χ1v) is 5.46. The van der Waals surface area contributed by atoms with Crippen LogP contribution in [-0.2, 0) is 9.59 Å². The van der Waals surface area contributed by atoms with Crippen LogP contribution < -0.4 is 15.3 Å². The molecule has 1 aromatic carbocycles. The average molecular weight is 254 g/mol. The second-order valence-corrected chi connectivity index (χ2v) is 4.21. The first-order valence-electron chi connectivity index (χ1n) is 5.46. The number of carboxylic acid groups (broad SMARTS) is 1. The van der Waals surface area contributed by atoms with Crippen molar-refractivity contribution >= 4 is 17.6 Å². The predicted molar refractivity (Wildman–Crippen MR) is 61.3 cm³/mol. The minimum absolute atomic E-state index is 0.221. The van der Waals surface area contributed by atoms with Crippen LogP contribution >= 0.6 is 0 Å². The van der Waals surface area contributed by atoms with Gasteiger partial charge in [0.2, 0.25) is 5.91 Å². The molecular formula is C12H15FN2O3. The number of halogens is 1. The van der Waals surface area contributed by atoms with E-state index in [1.54, 1.807) is 14.1 Å². The van der Waals surface area contributed by atoms with E-state index in [1.165, 1.54) is 18.2 Å². The van der Waals surface area contributed by atoms with Gasteiger partial charge in [-0.05, 0) is 18.2 Å². The number of likely N-dealkylation sites (N-methyl/N-ethyl adjacent to an activating group) is 1. The number of benzene rings is 1. The molecule has 0 saturated heterocycles. The number of aliphatic carboxylic acids is 1. The van der Waals surface area contributed by atoms with Gasteiger partial charge in [-0.15, -0.1) is 0 Å². The van der Waals surface area contributed by atoms with E-state index >= 15 is 0 Å². The molecule has 6 heteroatoms. The SMILES string of the molecule is C[NH+](C)[C@@H](CC(=O)Nc1cccc(F)c1)C(=O)[O-]. The van der Waals surface area contributed by atoms with Crippen LogP contribution in [0.3, 0.4) is 0 Å². The number of anilines is 1. The van der Waals surface area contributed by atoms with Gasteiger partial charge in [-0.25, -0.2) is 4.39 Å². The van der Waals surface area contributed by atoms with Crippen molar-refractivity contribution in [3.8, 4) is 0 Å². The summed E-state index contributed by atoms with van der Waals surface area (Å²) >= 11 is 0. The van der Waals surface area contributed by atoms with Crippen molar-refractivity contribution in [3.63, 3.8) is 0 Å². The Morgan fingerprint density at radius 2 is 2.11 bits per heavy atom. The molecule has 0 unspecified atom stereocenters. The number of hydrogen-bond acceptors (Lipinski definition) is 3. The molecule has 0 radical (unpaired) electrons. The Hall–Kier alpha value is -1.95. The van der Waals surface area contributed by atoms with Crippen molar-refractivity contribution in [2.24, 2.45) is 0 Å². The van der Waals surface area contributed by atoms with Gasteiger partial charge in [0.25, 0.3) is 0 Å². The van der Waals surface area contributed by atoms with Crippen LogP contribution in [0.5, 0.6) is 0 Å². The summed E-state index contributed by atoms with van der Waals surface area (Å²) in [6.07, 6.45) is -0.221. The zero-order chi connectivity index (χ0) is 13.7. The Labute approximate surface area is 104 Å². The summed E-state index contributed by atoms with van der Waals surface area (Å²) in [7, 11) is 3.24. The molecule has 1 atom stereocenters. The van der Waals surface area contributed by atoms with E-state index in [0.717, 1.165) is 6.07 Å². The van der Waals surface area contributed by atoms with E-state index in [-0.39, 0.29) is 6.42 Å². The van der Waals surface area contributed by atoms with Crippen LogP contribution in [0, 0.1) is 5.82 Å². The number of rotatable bonds is 5. The molecule has 18 heavy (non-hydrogen) atoms. The minimum atomic E-state index is -1.29. The maximum atomic E-state index is 12.9. The molecule has 2 N–H and O–H groups in total. The fourth-order valence-corrected chi connectivity index (χ4v) is 1.49. The average Bonchev–Trinajstić information content (AvgIpc) is 2.25. The van der Waals surface area contributed by atoms with E-state index in [4.69, 9.17) is 0 Å². The van der Waals surface area contributed by atoms with Crippen LogP contribution in [0.4, 0.5) is 10.1 Å². The number of carboxylic acids is 1. The highest BCUT2D eigenvalue weighted by Crippen LogP contribution is 2.09. The lowest BCUT2D eigenvalue weighted by Gasteiger charge is -2.21. The Bertz CT molecular complexity index is 449. The van der Waals surface area contributed by atoms with Gasteiger partial charge in [0.15, 0.2) is 0 Å². The molecule has 0 heterocycles. The number of amides is 1. The van der Waals surface area contributed by atoms with Crippen LogP contribution in [0.2, 0.25) is 0 Å². The third kappa shape index (κ3) is 4.14. The van der Waals surface area contributed by atoms with Gasteiger partial charge >= 0.3 is 0 Å². The molecule has 0 aromatic heterocycles. The molecule has 98 valence electrons. The molecule has 1 aromatic rings. The van der Waals surface area contributed by atoms with Gasteiger partial charge < -0.3 is 20.1 Å². The van der Waals surface area contributed by atoms with E-state index in [0.29, 0.717) is 10.6 Å². The summed E-state index contributed by atoms with van der Waals surface area (Å²) in [5, 5.41) is 13.3. The minimum Gasteiger partial charge on any atom is -0.544 e. The van der Waals surface area contributed by atoms with E-state index < -0.39 is 23.7 Å². The Kier molecular flexibility index (Phi) is 4.79. The van der Waals surface area contributed by atoms with Gasteiger partial charge in [0.05, 0.1) is 26.5 Å². The fourth-order valence-electron chi connectivity index (χ4n) is 1.49. The van der Waals surface area contributed by atoms with Crippen LogP contribution in [0.25, 0.3) is 0 Å². The summed E-state index contributed by atoms with van der Waals surface area (Å²) in [5.74, 6) is -2.25. The number of hydrogen-bond donors (Lipinski definition) is 2.